The van der Waals surface area contributed by atoms with Gasteiger partial charge in [-0.2, -0.15) is 0 Å². The zero-order valence-electron chi connectivity index (χ0n) is 13.6. The molecule has 0 aliphatic heterocycles. The number of anilines is 1. The smallest absolute Gasteiger partial charge is 0.325 e. The Morgan fingerprint density at radius 2 is 2.00 bits per heavy atom. The van der Waals surface area contributed by atoms with E-state index in [-0.39, 0.29) is 0 Å². The van der Waals surface area contributed by atoms with E-state index in [4.69, 9.17) is 9.84 Å². The molecule has 21 heavy (non-hydrogen) atoms. The van der Waals surface area contributed by atoms with Crippen molar-refractivity contribution in [2.24, 2.45) is 5.92 Å². The first-order valence-corrected chi connectivity index (χ1v) is 6.95. The topological polar surface area (TPSA) is 84.7 Å². The van der Waals surface area contributed by atoms with E-state index in [1.54, 1.807) is 19.0 Å². The first-order valence-electron chi connectivity index (χ1n) is 6.95. The van der Waals surface area contributed by atoms with E-state index >= 15 is 0 Å². The molecule has 1 aromatic rings. The molecule has 7 heteroatoms. The van der Waals surface area contributed by atoms with Crippen LogP contribution in [0.1, 0.15) is 27.7 Å². The second kappa shape index (κ2) is 8.99. The highest BCUT2D eigenvalue weighted by molar-refractivity contribution is 5.66. The number of hydrogen-bond donors (Lipinski definition) is 1. The van der Waals surface area contributed by atoms with Crippen LogP contribution in [-0.2, 0) is 11.3 Å². The van der Waals surface area contributed by atoms with Crippen LogP contribution < -0.4 is 15.2 Å². The average Bonchev–Trinajstić information content (AvgIpc) is 2.40. The molecule has 0 spiro atoms. The molecule has 0 fully saturated rings. The molecule has 0 aliphatic rings. The molecule has 1 aromatic heterocycles. The standard InChI is InChI=1S/C12H19N3O4.C2H6/c1-8(2)7-19-9-5-10(16)15(6-11(17)18)13-12(9)14(3)4;1-2/h5,8H,6-7H2,1-4H3,(H,17,18);1-2H3. The minimum atomic E-state index is -1.12. The highest BCUT2D eigenvalue weighted by Crippen LogP contribution is 2.22. The molecule has 120 valence electrons. The summed E-state index contributed by atoms with van der Waals surface area (Å²) in [6, 6.07) is 1.27. The van der Waals surface area contributed by atoms with E-state index in [1.807, 2.05) is 27.7 Å². The summed E-state index contributed by atoms with van der Waals surface area (Å²) in [5, 5.41) is 12.7. The predicted octanol–water partition coefficient (Wildman–Crippen LogP) is 1.45. The van der Waals surface area contributed by atoms with Gasteiger partial charge >= 0.3 is 5.97 Å². The van der Waals surface area contributed by atoms with Gasteiger partial charge < -0.3 is 14.7 Å². The minimum Gasteiger partial charge on any atom is -0.489 e. The number of aromatic nitrogens is 2. The molecule has 0 aromatic carbocycles. The van der Waals surface area contributed by atoms with Crippen molar-refractivity contribution < 1.29 is 14.6 Å². The molecular formula is C14H25N3O4. The van der Waals surface area contributed by atoms with Crippen LogP contribution in [-0.4, -0.2) is 41.6 Å². The summed E-state index contributed by atoms with van der Waals surface area (Å²) in [5.74, 6) is -0.00143. The summed E-state index contributed by atoms with van der Waals surface area (Å²) in [5.41, 5.74) is -0.494. The molecule has 7 nitrogen and oxygen atoms in total. The number of rotatable bonds is 6. The number of carboxylic acid groups (broad SMARTS) is 1. The van der Waals surface area contributed by atoms with Gasteiger partial charge in [-0.25, -0.2) is 4.68 Å². The van der Waals surface area contributed by atoms with Crippen LogP contribution in [0, 0.1) is 5.92 Å². The number of ether oxygens (including phenoxy) is 1. The Balaban J connectivity index is 0.00000191. The minimum absolute atomic E-state index is 0.316. The van der Waals surface area contributed by atoms with Crippen LogP contribution in [0.4, 0.5) is 5.82 Å². The van der Waals surface area contributed by atoms with Crippen molar-refractivity contribution in [3.63, 3.8) is 0 Å². The van der Waals surface area contributed by atoms with Gasteiger partial charge in [0.2, 0.25) is 0 Å². The van der Waals surface area contributed by atoms with Crippen LogP contribution >= 0.6 is 0 Å². The largest absolute Gasteiger partial charge is 0.489 e. The second-order valence-corrected chi connectivity index (χ2v) is 4.82. The van der Waals surface area contributed by atoms with Crippen molar-refractivity contribution in [2.75, 3.05) is 25.6 Å². The van der Waals surface area contributed by atoms with E-state index in [2.05, 4.69) is 5.10 Å². The van der Waals surface area contributed by atoms with Crippen molar-refractivity contribution in [1.29, 1.82) is 0 Å². The van der Waals surface area contributed by atoms with Gasteiger partial charge in [0.05, 0.1) is 12.7 Å². The number of carboxylic acids is 1. The summed E-state index contributed by atoms with van der Waals surface area (Å²) in [4.78, 5) is 24.1. The monoisotopic (exact) mass is 299 g/mol. The van der Waals surface area contributed by atoms with Gasteiger partial charge in [-0.1, -0.05) is 27.7 Å². The lowest BCUT2D eigenvalue weighted by molar-refractivity contribution is -0.138. The summed E-state index contributed by atoms with van der Waals surface area (Å²) in [7, 11) is 3.50. The molecular weight excluding hydrogens is 274 g/mol. The van der Waals surface area contributed by atoms with Gasteiger partial charge in [-0.05, 0) is 5.92 Å². The third kappa shape index (κ3) is 6.29. The molecule has 0 unspecified atom stereocenters. The number of carbonyl (C=O) groups is 1. The maximum Gasteiger partial charge on any atom is 0.325 e. The predicted molar refractivity (Wildman–Crippen MR) is 82.1 cm³/mol. The van der Waals surface area contributed by atoms with Crippen LogP contribution in [0.25, 0.3) is 0 Å². The summed E-state index contributed by atoms with van der Waals surface area (Å²) in [6.07, 6.45) is 0. The van der Waals surface area contributed by atoms with Gasteiger partial charge in [0.1, 0.15) is 6.54 Å². The van der Waals surface area contributed by atoms with Crippen LogP contribution in [0.2, 0.25) is 0 Å². The first kappa shape index (κ1) is 18.9. The maximum absolute atomic E-state index is 11.7. The zero-order valence-corrected chi connectivity index (χ0v) is 13.6. The first-order chi connectivity index (χ1) is 9.81. The lowest BCUT2D eigenvalue weighted by Crippen LogP contribution is -2.29. The fourth-order valence-electron chi connectivity index (χ4n) is 1.38. The molecule has 0 saturated heterocycles. The highest BCUT2D eigenvalue weighted by atomic mass is 16.5. The molecule has 0 atom stereocenters. The van der Waals surface area contributed by atoms with E-state index in [1.165, 1.54) is 6.07 Å². The third-order valence-corrected chi connectivity index (χ3v) is 2.23. The fraction of sp³-hybridized carbons (Fsp3) is 0.643. The second-order valence-electron chi connectivity index (χ2n) is 4.82. The Morgan fingerprint density at radius 3 is 2.43 bits per heavy atom. The average molecular weight is 299 g/mol. The van der Waals surface area contributed by atoms with Crippen molar-refractivity contribution in [1.82, 2.24) is 9.78 Å². The summed E-state index contributed by atoms with van der Waals surface area (Å²) in [6.45, 7) is 7.98. The van der Waals surface area contributed by atoms with Gasteiger partial charge in [-0.3, -0.25) is 9.59 Å². The Morgan fingerprint density at radius 1 is 1.43 bits per heavy atom. The normalized spacial score (nSPS) is 9.86. The van der Waals surface area contributed by atoms with Crippen molar-refractivity contribution in [2.45, 2.75) is 34.2 Å². The Hall–Kier alpha value is -2.05. The van der Waals surface area contributed by atoms with Gasteiger partial charge in [0.25, 0.3) is 5.56 Å². The maximum atomic E-state index is 11.7. The van der Waals surface area contributed by atoms with E-state index < -0.39 is 18.1 Å². The molecule has 1 N–H and O–H groups in total. The molecule has 1 heterocycles. The molecule has 1 rings (SSSR count). The Bertz CT molecular complexity index is 509. The molecule has 0 saturated carbocycles. The SMILES string of the molecule is CC.CC(C)COc1cc(=O)n(CC(=O)O)nc1N(C)C. The highest BCUT2D eigenvalue weighted by Gasteiger charge is 2.14. The summed E-state index contributed by atoms with van der Waals surface area (Å²) >= 11 is 0. The number of aliphatic carboxylic acids is 1. The quantitative estimate of drug-likeness (QED) is 0.856. The lowest BCUT2D eigenvalue weighted by Gasteiger charge is -2.18. The van der Waals surface area contributed by atoms with Crippen molar-refractivity contribution >= 4 is 11.8 Å². The fourth-order valence-corrected chi connectivity index (χ4v) is 1.38. The lowest BCUT2D eigenvalue weighted by atomic mass is 10.2. The van der Waals surface area contributed by atoms with E-state index in [9.17, 15) is 9.59 Å². The van der Waals surface area contributed by atoms with E-state index in [0.29, 0.717) is 24.1 Å². The Kier molecular flexibility index (Phi) is 8.11. The van der Waals surface area contributed by atoms with Gasteiger partial charge in [-0.15, -0.1) is 5.10 Å². The zero-order chi connectivity index (χ0) is 16.6. The molecule has 0 amide bonds. The number of nitrogens with zero attached hydrogens (tertiary/aromatic N) is 3. The Labute approximate surface area is 125 Å². The molecule has 0 bridgehead atoms. The van der Waals surface area contributed by atoms with Crippen molar-refractivity contribution in [3.8, 4) is 5.75 Å². The molecule has 0 radical (unpaired) electrons. The molecule has 0 aliphatic carbocycles. The number of hydrogen-bond acceptors (Lipinski definition) is 5. The van der Waals surface area contributed by atoms with Gasteiger partial charge in [0.15, 0.2) is 11.6 Å². The van der Waals surface area contributed by atoms with E-state index in [0.717, 1.165) is 4.68 Å². The van der Waals surface area contributed by atoms with Crippen LogP contribution in [0.3, 0.4) is 0 Å². The van der Waals surface area contributed by atoms with Crippen molar-refractivity contribution in [3.05, 3.63) is 16.4 Å². The van der Waals surface area contributed by atoms with Crippen LogP contribution in [0.5, 0.6) is 5.75 Å². The summed E-state index contributed by atoms with van der Waals surface area (Å²) < 4.78 is 6.44. The third-order valence-electron chi connectivity index (χ3n) is 2.23. The van der Waals surface area contributed by atoms with Gasteiger partial charge in [0, 0.05) is 14.1 Å². The van der Waals surface area contributed by atoms with Crippen LogP contribution in [0.15, 0.2) is 10.9 Å².